The van der Waals surface area contributed by atoms with Gasteiger partial charge in [0.25, 0.3) is 0 Å². The van der Waals surface area contributed by atoms with Crippen LogP contribution in [0.5, 0.6) is 0 Å². The van der Waals surface area contributed by atoms with Crippen molar-refractivity contribution in [1.29, 1.82) is 0 Å². The van der Waals surface area contributed by atoms with Crippen LogP contribution in [0.15, 0.2) is 11.3 Å². The van der Waals surface area contributed by atoms with Crippen LogP contribution < -0.4 is 0 Å². The van der Waals surface area contributed by atoms with Gasteiger partial charge in [-0.05, 0) is 37.2 Å². The molecule has 4 rings (SSSR count). The normalized spacial score (nSPS) is 45.3. The molecular weight excluding hydrogens is 388 g/mol. The number of ketones is 2. The minimum atomic E-state index is -1.04. The monoisotopic (exact) mass is 418 g/mol. The molecule has 1 saturated heterocycles. The van der Waals surface area contributed by atoms with Crippen molar-refractivity contribution < 1.29 is 33.4 Å². The van der Waals surface area contributed by atoms with Crippen molar-refractivity contribution in [3.8, 4) is 0 Å². The molecule has 0 aromatic carbocycles. The van der Waals surface area contributed by atoms with Gasteiger partial charge in [-0.2, -0.15) is 0 Å². The summed E-state index contributed by atoms with van der Waals surface area (Å²) in [6.45, 7) is 8.96. The van der Waals surface area contributed by atoms with Crippen molar-refractivity contribution in [2.24, 2.45) is 34.5 Å². The summed E-state index contributed by atoms with van der Waals surface area (Å²) >= 11 is 0. The van der Waals surface area contributed by atoms with Crippen LogP contribution in [-0.2, 0) is 33.4 Å². The number of allylic oxidation sites excluding steroid dienone is 2. The maximum atomic E-state index is 13.8. The lowest BCUT2D eigenvalue weighted by Gasteiger charge is -2.65. The number of carbonyl (C=O) groups is 4. The Kier molecular flexibility index (Phi) is 4.68. The van der Waals surface area contributed by atoms with E-state index >= 15 is 0 Å². The first-order chi connectivity index (χ1) is 14.0. The standard InChI is InChI=1S/C23H30O7/c1-10-7-15(29-12(3)24)21(27)23(5)13(10)8-16-22(4)14(9-17(25)30-16)11(2)19(28-6)18(26)20(22)23/h10,13-16,20H,7-9H2,1-6H3/t10-,13+,14+,15+,16-,20+,22-,23+/m1/s1. The number of esters is 2. The molecule has 0 amide bonds. The summed E-state index contributed by atoms with van der Waals surface area (Å²) in [6, 6.07) is 0. The summed E-state index contributed by atoms with van der Waals surface area (Å²) < 4.78 is 16.7. The third-order valence-corrected chi connectivity index (χ3v) is 8.52. The van der Waals surface area contributed by atoms with Crippen LogP contribution in [0.2, 0.25) is 0 Å². The van der Waals surface area contributed by atoms with Gasteiger partial charge in [0.15, 0.2) is 17.6 Å². The lowest BCUT2D eigenvalue weighted by Crippen LogP contribution is -2.70. The molecule has 30 heavy (non-hydrogen) atoms. The highest BCUT2D eigenvalue weighted by Gasteiger charge is 2.72. The van der Waals surface area contributed by atoms with Gasteiger partial charge in [0.1, 0.15) is 6.10 Å². The first kappa shape index (κ1) is 21.1. The van der Waals surface area contributed by atoms with E-state index in [-0.39, 0.29) is 47.5 Å². The van der Waals surface area contributed by atoms with Crippen LogP contribution in [-0.4, -0.2) is 42.8 Å². The Balaban J connectivity index is 1.92. The molecule has 8 atom stereocenters. The van der Waals surface area contributed by atoms with E-state index in [1.54, 1.807) is 0 Å². The average molecular weight is 418 g/mol. The Morgan fingerprint density at radius 1 is 1.17 bits per heavy atom. The van der Waals surface area contributed by atoms with Gasteiger partial charge < -0.3 is 14.2 Å². The van der Waals surface area contributed by atoms with E-state index in [0.717, 1.165) is 5.57 Å². The third kappa shape index (κ3) is 2.50. The molecule has 0 aromatic rings. The zero-order valence-electron chi connectivity index (χ0n) is 18.4. The number of fused-ring (bicyclic) bond motifs is 2. The molecule has 1 aliphatic heterocycles. The second kappa shape index (κ2) is 6.66. The van der Waals surface area contributed by atoms with E-state index in [0.29, 0.717) is 12.8 Å². The fraction of sp³-hybridized carbons (Fsp3) is 0.739. The van der Waals surface area contributed by atoms with Crippen molar-refractivity contribution in [1.82, 2.24) is 0 Å². The van der Waals surface area contributed by atoms with E-state index in [1.165, 1.54) is 14.0 Å². The summed E-state index contributed by atoms with van der Waals surface area (Å²) in [7, 11) is 1.45. The molecule has 0 bridgehead atoms. The van der Waals surface area contributed by atoms with Crippen molar-refractivity contribution in [3.63, 3.8) is 0 Å². The topological polar surface area (TPSA) is 96.0 Å². The highest BCUT2D eigenvalue weighted by Crippen LogP contribution is 2.67. The molecular formula is C23H30O7. The van der Waals surface area contributed by atoms with Gasteiger partial charge in [-0.15, -0.1) is 0 Å². The van der Waals surface area contributed by atoms with E-state index in [9.17, 15) is 19.2 Å². The molecule has 164 valence electrons. The van der Waals surface area contributed by atoms with Crippen LogP contribution in [0, 0.1) is 34.5 Å². The Morgan fingerprint density at radius 2 is 1.83 bits per heavy atom. The van der Waals surface area contributed by atoms with Gasteiger partial charge in [0.2, 0.25) is 5.78 Å². The van der Waals surface area contributed by atoms with E-state index < -0.39 is 34.9 Å². The molecule has 0 N–H and O–H groups in total. The van der Waals surface area contributed by atoms with Gasteiger partial charge >= 0.3 is 11.9 Å². The van der Waals surface area contributed by atoms with Crippen LogP contribution in [0.25, 0.3) is 0 Å². The molecule has 2 saturated carbocycles. The van der Waals surface area contributed by atoms with E-state index in [4.69, 9.17) is 14.2 Å². The summed E-state index contributed by atoms with van der Waals surface area (Å²) in [4.78, 5) is 51.6. The second-order valence-corrected chi connectivity index (χ2v) is 9.91. The van der Waals surface area contributed by atoms with Crippen LogP contribution in [0.3, 0.4) is 0 Å². The van der Waals surface area contributed by atoms with Crippen molar-refractivity contribution >= 4 is 23.5 Å². The minimum Gasteiger partial charge on any atom is -0.493 e. The smallest absolute Gasteiger partial charge is 0.306 e. The molecule has 1 heterocycles. The molecule has 3 fully saturated rings. The quantitative estimate of drug-likeness (QED) is 0.636. The fourth-order valence-electron chi connectivity index (χ4n) is 7.30. The average Bonchev–Trinajstić information content (AvgIpc) is 2.64. The number of hydrogen-bond donors (Lipinski definition) is 0. The Morgan fingerprint density at radius 3 is 2.43 bits per heavy atom. The van der Waals surface area contributed by atoms with Gasteiger partial charge in [0, 0.05) is 29.6 Å². The van der Waals surface area contributed by atoms with E-state index in [2.05, 4.69) is 0 Å². The molecule has 0 unspecified atom stereocenters. The predicted octanol–water partition coefficient (Wildman–Crippen LogP) is 2.61. The third-order valence-electron chi connectivity index (χ3n) is 8.52. The zero-order valence-corrected chi connectivity index (χ0v) is 18.4. The number of carbonyl (C=O) groups excluding carboxylic acids is 4. The van der Waals surface area contributed by atoms with Crippen molar-refractivity contribution in [3.05, 3.63) is 11.3 Å². The molecule has 7 heteroatoms. The molecule has 0 radical (unpaired) electrons. The number of rotatable bonds is 2. The summed E-state index contributed by atoms with van der Waals surface area (Å²) in [5.41, 5.74) is -1.000. The van der Waals surface area contributed by atoms with Gasteiger partial charge in [-0.3, -0.25) is 19.2 Å². The lowest BCUT2D eigenvalue weighted by molar-refractivity contribution is -0.225. The van der Waals surface area contributed by atoms with Gasteiger partial charge in [-0.25, -0.2) is 0 Å². The SMILES string of the molecule is COC1=C(C)[C@@H]2CC(=O)O[C@@H]3C[C@H]4[C@H](C)C[C@H](OC(C)=O)C(=O)[C@]4(C)[C@@H](C1=O)[C@@]32C. The lowest BCUT2D eigenvalue weighted by atomic mass is 9.39. The molecule has 3 aliphatic carbocycles. The van der Waals surface area contributed by atoms with Gasteiger partial charge in [-0.1, -0.05) is 20.8 Å². The largest absolute Gasteiger partial charge is 0.493 e. The van der Waals surface area contributed by atoms with Crippen molar-refractivity contribution in [2.45, 2.75) is 66.1 Å². The fourth-order valence-corrected chi connectivity index (χ4v) is 7.30. The number of ether oxygens (including phenoxy) is 3. The molecule has 4 aliphatic rings. The summed E-state index contributed by atoms with van der Waals surface area (Å²) in [5, 5.41) is 0. The Labute approximate surface area is 176 Å². The Hall–Kier alpha value is -2.18. The summed E-state index contributed by atoms with van der Waals surface area (Å²) in [5.74, 6) is -2.05. The van der Waals surface area contributed by atoms with Gasteiger partial charge in [0.05, 0.1) is 13.5 Å². The number of Topliss-reactive ketones (excluding diaryl/α,β-unsaturated/α-hetero) is 2. The number of hydrogen-bond acceptors (Lipinski definition) is 7. The maximum absolute atomic E-state index is 13.8. The Bertz CT molecular complexity index is 873. The van der Waals surface area contributed by atoms with Crippen LogP contribution >= 0.6 is 0 Å². The highest BCUT2D eigenvalue weighted by molar-refractivity contribution is 6.04. The molecule has 7 nitrogen and oxygen atoms in total. The summed E-state index contributed by atoms with van der Waals surface area (Å²) in [6.07, 6.45) is -0.215. The van der Waals surface area contributed by atoms with E-state index in [1.807, 2.05) is 27.7 Å². The predicted molar refractivity (Wildman–Crippen MR) is 105 cm³/mol. The highest BCUT2D eigenvalue weighted by atomic mass is 16.6. The zero-order chi connectivity index (χ0) is 22.2. The minimum absolute atomic E-state index is 0.0199. The van der Waals surface area contributed by atoms with Crippen LogP contribution in [0.4, 0.5) is 0 Å². The second-order valence-electron chi connectivity index (χ2n) is 9.91. The number of methoxy groups -OCH3 is 1. The first-order valence-corrected chi connectivity index (χ1v) is 10.7. The first-order valence-electron chi connectivity index (χ1n) is 10.7. The van der Waals surface area contributed by atoms with Crippen LogP contribution in [0.1, 0.15) is 53.9 Å². The molecule has 0 aromatic heterocycles. The maximum Gasteiger partial charge on any atom is 0.306 e. The molecule has 0 spiro atoms. The van der Waals surface area contributed by atoms with Crippen molar-refractivity contribution in [2.75, 3.05) is 7.11 Å².